The van der Waals surface area contributed by atoms with Crippen LogP contribution in [0.5, 0.6) is 0 Å². The summed E-state index contributed by atoms with van der Waals surface area (Å²) in [5.41, 5.74) is 0.979. The molecule has 5 heteroatoms. The lowest BCUT2D eigenvalue weighted by Crippen LogP contribution is -2.51. The highest BCUT2D eigenvalue weighted by molar-refractivity contribution is 5.85. The SMILES string of the molecule is CCOC(=O)C(c1ccccc1)C1NCCCC1OC.Cl. The summed E-state index contributed by atoms with van der Waals surface area (Å²) in [6, 6.07) is 9.77. The number of piperidine rings is 1. The third kappa shape index (κ3) is 4.43. The van der Waals surface area contributed by atoms with Gasteiger partial charge in [0, 0.05) is 7.11 Å². The Balaban J connectivity index is 0.00000220. The van der Waals surface area contributed by atoms with Crippen molar-refractivity contribution >= 4 is 18.4 Å². The molecular formula is C16H24ClNO3. The number of benzene rings is 1. The van der Waals surface area contributed by atoms with Gasteiger partial charge in [-0.05, 0) is 31.9 Å². The van der Waals surface area contributed by atoms with E-state index in [2.05, 4.69) is 5.32 Å². The maximum Gasteiger partial charge on any atom is 0.315 e. The first-order valence-corrected chi connectivity index (χ1v) is 7.25. The summed E-state index contributed by atoms with van der Waals surface area (Å²) in [7, 11) is 1.71. The molecule has 4 nitrogen and oxygen atoms in total. The van der Waals surface area contributed by atoms with E-state index in [4.69, 9.17) is 9.47 Å². The van der Waals surface area contributed by atoms with Crippen LogP contribution in [-0.4, -0.2) is 38.4 Å². The summed E-state index contributed by atoms with van der Waals surface area (Å²) in [6.07, 6.45) is 2.08. The summed E-state index contributed by atoms with van der Waals surface area (Å²) >= 11 is 0. The van der Waals surface area contributed by atoms with Crippen LogP contribution in [-0.2, 0) is 14.3 Å². The highest BCUT2D eigenvalue weighted by Gasteiger charge is 2.37. The van der Waals surface area contributed by atoms with E-state index in [9.17, 15) is 4.79 Å². The largest absolute Gasteiger partial charge is 0.465 e. The first-order valence-electron chi connectivity index (χ1n) is 7.25. The van der Waals surface area contributed by atoms with Gasteiger partial charge in [-0.15, -0.1) is 12.4 Å². The van der Waals surface area contributed by atoms with Gasteiger partial charge in [0.25, 0.3) is 0 Å². The van der Waals surface area contributed by atoms with Gasteiger partial charge in [-0.2, -0.15) is 0 Å². The lowest BCUT2D eigenvalue weighted by atomic mass is 9.84. The number of nitrogens with one attached hydrogen (secondary N) is 1. The van der Waals surface area contributed by atoms with Crippen LogP contribution in [0.1, 0.15) is 31.2 Å². The molecule has 0 aliphatic carbocycles. The summed E-state index contributed by atoms with van der Waals surface area (Å²) in [5, 5.41) is 3.43. The second-order valence-electron chi connectivity index (χ2n) is 5.04. The van der Waals surface area contributed by atoms with Crippen molar-refractivity contribution < 1.29 is 14.3 Å². The third-order valence-electron chi connectivity index (χ3n) is 3.81. The van der Waals surface area contributed by atoms with E-state index < -0.39 is 0 Å². The number of hydrogen-bond donors (Lipinski definition) is 1. The van der Waals surface area contributed by atoms with E-state index in [0.717, 1.165) is 24.9 Å². The van der Waals surface area contributed by atoms with Crippen molar-refractivity contribution in [2.75, 3.05) is 20.3 Å². The van der Waals surface area contributed by atoms with Gasteiger partial charge in [0.1, 0.15) is 0 Å². The first kappa shape index (κ1) is 18.0. The van der Waals surface area contributed by atoms with E-state index in [1.807, 2.05) is 37.3 Å². The van der Waals surface area contributed by atoms with Crippen LogP contribution in [0.2, 0.25) is 0 Å². The van der Waals surface area contributed by atoms with Crippen molar-refractivity contribution in [2.24, 2.45) is 0 Å². The van der Waals surface area contributed by atoms with Crippen LogP contribution in [0.4, 0.5) is 0 Å². The van der Waals surface area contributed by atoms with Crippen molar-refractivity contribution in [1.82, 2.24) is 5.32 Å². The fraction of sp³-hybridized carbons (Fsp3) is 0.562. The van der Waals surface area contributed by atoms with Crippen molar-refractivity contribution in [2.45, 2.75) is 37.8 Å². The van der Waals surface area contributed by atoms with E-state index >= 15 is 0 Å². The smallest absolute Gasteiger partial charge is 0.315 e. The molecular weight excluding hydrogens is 290 g/mol. The Morgan fingerprint density at radius 1 is 1.38 bits per heavy atom. The van der Waals surface area contributed by atoms with Crippen LogP contribution in [0.15, 0.2) is 30.3 Å². The molecule has 1 aliphatic rings. The average molecular weight is 314 g/mol. The molecule has 0 amide bonds. The predicted molar refractivity (Wildman–Crippen MR) is 84.9 cm³/mol. The molecule has 1 heterocycles. The fourth-order valence-corrected chi connectivity index (χ4v) is 2.86. The highest BCUT2D eigenvalue weighted by Crippen LogP contribution is 2.28. The number of rotatable bonds is 5. The molecule has 118 valence electrons. The lowest BCUT2D eigenvalue weighted by Gasteiger charge is -2.36. The van der Waals surface area contributed by atoms with Crippen molar-refractivity contribution in [1.29, 1.82) is 0 Å². The van der Waals surface area contributed by atoms with Gasteiger partial charge in [0.2, 0.25) is 0 Å². The Kier molecular flexibility index (Phi) is 7.72. The molecule has 0 bridgehead atoms. The maximum absolute atomic E-state index is 12.4. The van der Waals surface area contributed by atoms with Crippen LogP contribution < -0.4 is 5.32 Å². The Labute approximate surface area is 132 Å². The normalized spacial score (nSPS) is 23.0. The van der Waals surface area contributed by atoms with Crippen LogP contribution in [0, 0.1) is 0 Å². The van der Waals surface area contributed by atoms with E-state index in [-0.39, 0.29) is 36.4 Å². The minimum absolute atomic E-state index is 0. The molecule has 1 N–H and O–H groups in total. The molecule has 0 aromatic heterocycles. The molecule has 3 unspecified atom stereocenters. The van der Waals surface area contributed by atoms with E-state index in [1.54, 1.807) is 7.11 Å². The minimum atomic E-state index is -0.318. The van der Waals surface area contributed by atoms with Gasteiger partial charge in [-0.25, -0.2) is 0 Å². The van der Waals surface area contributed by atoms with Crippen LogP contribution >= 0.6 is 12.4 Å². The number of esters is 1. The average Bonchev–Trinajstić information content (AvgIpc) is 2.49. The summed E-state index contributed by atoms with van der Waals surface area (Å²) in [6.45, 7) is 3.14. The number of ether oxygens (including phenoxy) is 2. The second kappa shape index (κ2) is 9.03. The predicted octanol–water partition coefficient (Wildman–Crippen LogP) is 2.52. The molecule has 1 aliphatic heterocycles. The standard InChI is InChI=1S/C16H23NO3.ClH/c1-3-20-16(18)14(12-8-5-4-6-9-12)15-13(19-2)10-7-11-17-15;/h4-6,8-9,13-15,17H,3,7,10-11H2,1-2H3;1H. The van der Waals surface area contributed by atoms with Gasteiger partial charge < -0.3 is 14.8 Å². The fourth-order valence-electron chi connectivity index (χ4n) is 2.86. The van der Waals surface area contributed by atoms with Gasteiger partial charge in [-0.1, -0.05) is 30.3 Å². The van der Waals surface area contributed by atoms with Crippen LogP contribution in [0.25, 0.3) is 0 Å². The van der Waals surface area contributed by atoms with Crippen LogP contribution in [0.3, 0.4) is 0 Å². The van der Waals surface area contributed by atoms with Gasteiger partial charge in [-0.3, -0.25) is 4.79 Å². The summed E-state index contributed by atoms with van der Waals surface area (Å²) in [4.78, 5) is 12.4. The maximum atomic E-state index is 12.4. The van der Waals surface area contributed by atoms with Gasteiger partial charge in [0.15, 0.2) is 0 Å². The molecule has 0 spiro atoms. The number of methoxy groups -OCH3 is 1. The van der Waals surface area contributed by atoms with Crippen molar-refractivity contribution in [3.05, 3.63) is 35.9 Å². The molecule has 0 saturated carbocycles. The number of carbonyl (C=O) groups excluding carboxylic acids is 1. The number of halogens is 1. The monoisotopic (exact) mass is 313 g/mol. The third-order valence-corrected chi connectivity index (χ3v) is 3.81. The topological polar surface area (TPSA) is 47.6 Å². The van der Waals surface area contributed by atoms with E-state index in [0.29, 0.717) is 6.61 Å². The molecule has 21 heavy (non-hydrogen) atoms. The Morgan fingerprint density at radius 2 is 2.10 bits per heavy atom. The zero-order valence-electron chi connectivity index (χ0n) is 12.6. The van der Waals surface area contributed by atoms with E-state index in [1.165, 1.54) is 0 Å². The molecule has 2 rings (SSSR count). The quantitative estimate of drug-likeness (QED) is 0.849. The second-order valence-corrected chi connectivity index (χ2v) is 5.04. The first-order chi connectivity index (χ1) is 9.77. The Bertz CT molecular complexity index is 427. The summed E-state index contributed by atoms with van der Waals surface area (Å²) < 4.78 is 10.8. The van der Waals surface area contributed by atoms with Crippen molar-refractivity contribution in [3.8, 4) is 0 Å². The molecule has 1 fully saturated rings. The zero-order chi connectivity index (χ0) is 14.4. The lowest BCUT2D eigenvalue weighted by molar-refractivity contribution is -0.147. The minimum Gasteiger partial charge on any atom is -0.465 e. The van der Waals surface area contributed by atoms with Crippen molar-refractivity contribution in [3.63, 3.8) is 0 Å². The number of hydrogen-bond acceptors (Lipinski definition) is 4. The molecule has 1 aromatic carbocycles. The highest BCUT2D eigenvalue weighted by atomic mass is 35.5. The molecule has 1 saturated heterocycles. The molecule has 0 radical (unpaired) electrons. The molecule has 1 aromatic rings. The zero-order valence-corrected chi connectivity index (χ0v) is 13.4. The Hall–Kier alpha value is -1.10. The molecule has 3 atom stereocenters. The summed E-state index contributed by atoms with van der Waals surface area (Å²) in [5.74, 6) is -0.499. The van der Waals surface area contributed by atoms with Gasteiger partial charge >= 0.3 is 5.97 Å². The van der Waals surface area contributed by atoms with Gasteiger partial charge in [0.05, 0.1) is 24.7 Å². The Morgan fingerprint density at radius 3 is 2.71 bits per heavy atom. The number of carbonyl (C=O) groups is 1.